The average Bonchev–Trinajstić information content (AvgIpc) is 3.00. The molecule has 200 valence electrons. The molecule has 0 aliphatic rings. The van der Waals surface area contributed by atoms with Gasteiger partial charge in [0.25, 0.3) is 5.91 Å². The van der Waals surface area contributed by atoms with Gasteiger partial charge in [-0.1, -0.05) is 59.6 Å². The highest BCUT2D eigenvalue weighted by Gasteiger charge is 2.11. The number of pyridine rings is 2. The van der Waals surface area contributed by atoms with Crippen LogP contribution in [0.4, 0.5) is 0 Å². The summed E-state index contributed by atoms with van der Waals surface area (Å²) < 4.78 is 5.68. The Bertz CT molecular complexity index is 1900. The molecule has 6 rings (SSSR count). The highest BCUT2D eigenvalue weighted by Crippen LogP contribution is 2.33. The second kappa shape index (κ2) is 11.6. The van der Waals surface area contributed by atoms with Gasteiger partial charge in [-0.05, 0) is 78.7 Å². The first-order chi connectivity index (χ1) is 20.0. The van der Waals surface area contributed by atoms with Crippen molar-refractivity contribution >= 4 is 45.5 Å². The molecule has 41 heavy (non-hydrogen) atoms. The number of amides is 1. The summed E-state index contributed by atoms with van der Waals surface area (Å²) in [5, 5.41) is 6.57. The van der Waals surface area contributed by atoms with Crippen LogP contribution in [-0.2, 0) is 4.79 Å². The van der Waals surface area contributed by atoms with Crippen molar-refractivity contribution in [2.24, 2.45) is 5.10 Å². The summed E-state index contributed by atoms with van der Waals surface area (Å²) in [6, 6.07) is 33.7. The van der Waals surface area contributed by atoms with Crippen molar-refractivity contribution in [3.63, 3.8) is 0 Å². The lowest BCUT2D eigenvalue weighted by Gasteiger charge is -2.12. The summed E-state index contributed by atoms with van der Waals surface area (Å²) in [4.78, 5) is 21.5. The Morgan fingerprint density at radius 1 is 0.902 bits per heavy atom. The lowest BCUT2D eigenvalue weighted by molar-refractivity contribution is -0.123. The summed E-state index contributed by atoms with van der Waals surface area (Å²) in [5.74, 6) is 0.181. The predicted molar refractivity (Wildman–Crippen MR) is 165 cm³/mol. The molecule has 4 aromatic carbocycles. The highest BCUT2D eigenvalue weighted by atomic mass is 35.5. The largest absolute Gasteiger partial charge is 0.484 e. The minimum atomic E-state index is -0.386. The first-order valence-corrected chi connectivity index (χ1v) is 13.5. The monoisotopic (exact) mass is 556 g/mol. The van der Waals surface area contributed by atoms with E-state index in [1.165, 1.54) is 11.8 Å². The van der Waals surface area contributed by atoms with Crippen LogP contribution >= 0.6 is 11.6 Å². The van der Waals surface area contributed by atoms with Gasteiger partial charge in [-0.3, -0.25) is 9.78 Å². The number of fused-ring (bicyclic) bond motifs is 2. The second-order valence-electron chi connectivity index (χ2n) is 9.62. The van der Waals surface area contributed by atoms with Crippen LogP contribution in [0.5, 0.6) is 5.75 Å². The zero-order chi connectivity index (χ0) is 28.2. The lowest BCUT2D eigenvalue weighted by Crippen LogP contribution is -2.24. The van der Waals surface area contributed by atoms with Crippen LogP contribution < -0.4 is 10.2 Å². The Morgan fingerprint density at radius 2 is 1.73 bits per heavy atom. The molecule has 7 heteroatoms. The average molecular weight is 557 g/mol. The summed E-state index contributed by atoms with van der Waals surface area (Å²) in [5.41, 5.74) is 10.2. The van der Waals surface area contributed by atoms with E-state index in [0.29, 0.717) is 16.3 Å². The molecule has 6 nitrogen and oxygen atoms in total. The summed E-state index contributed by atoms with van der Waals surface area (Å²) in [6.45, 7) is 1.91. The fourth-order valence-corrected chi connectivity index (χ4v) is 4.84. The Morgan fingerprint density at radius 3 is 2.56 bits per heavy atom. The normalized spacial score (nSPS) is 11.3. The van der Waals surface area contributed by atoms with Crippen LogP contribution in [0.15, 0.2) is 114 Å². The molecular weight excluding hydrogens is 532 g/mol. The Hall–Kier alpha value is -5.07. The summed E-state index contributed by atoms with van der Waals surface area (Å²) >= 11 is 6.32. The fourth-order valence-electron chi connectivity index (χ4n) is 4.63. The van der Waals surface area contributed by atoms with E-state index in [4.69, 9.17) is 21.3 Å². The van der Waals surface area contributed by atoms with Gasteiger partial charge < -0.3 is 4.74 Å². The minimum absolute atomic E-state index is 0.183. The van der Waals surface area contributed by atoms with Crippen LogP contribution in [0.2, 0.25) is 5.02 Å². The SMILES string of the molecule is Cc1ccc2nc(-c3ccc(OCC(=O)N/N=C\c4cc5cccnc5cc4Cl)cc3)cc(-c3ccccc3)c2c1. The minimum Gasteiger partial charge on any atom is -0.484 e. The third-order valence-electron chi connectivity index (χ3n) is 6.68. The number of rotatable bonds is 7. The maximum absolute atomic E-state index is 12.3. The Kier molecular flexibility index (Phi) is 7.39. The number of carbonyl (C=O) groups excluding carboxylic acids is 1. The van der Waals surface area contributed by atoms with E-state index in [2.05, 4.69) is 58.8 Å². The lowest BCUT2D eigenvalue weighted by atomic mass is 9.97. The predicted octanol–water partition coefficient (Wildman–Crippen LogP) is 7.61. The van der Waals surface area contributed by atoms with Crippen molar-refractivity contribution < 1.29 is 9.53 Å². The van der Waals surface area contributed by atoms with Gasteiger partial charge in [0.2, 0.25) is 0 Å². The Labute approximate surface area is 242 Å². The quantitative estimate of drug-likeness (QED) is 0.162. The smallest absolute Gasteiger partial charge is 0.277 e. The van der Waals surface area contributed by atoms with E-state index >= 15 is 0 Å². The number of hydrogen-bond donors (Lipinski definition) is 1. The van der Waals surface area contributed by atoms with Crippen LogP contribution in [0.1, 0.15) is 11.1 Å². The zero-order valence-corrected chi connectivity index (χ0v) is 23.0. The van der Waals surface area contributed by atoms with E-state index in [9.17, 15) is 4.79 Å². The summed E-state index contributed by atoms with van der Waals surface area (Å²) in [6.07, 6.45) is 3.21. The molecule has 0 atom stereocenters. The molecule has 0 fully saturated rings. The van der Waals surface area contributed by atoms with Crippen LogP contribution in [0.25, 0.3) is 44.2 Å². The van der Waals surface area contributed by atoms with Gasteiger partial charge in [0.05, 0.1) is 28.0 Å². The van der Waals surface area contributed by atoms with Gasteiger partial charge in [0.15, 0.2) is 6.61 Å². The number of nitrogens with one attached hydrogen (secondary N) is 1. The molecule has 6 aromatic rings. The van der Waals surface area contributed by atoms with Gasteiger partial charge in [-0.2, -0.15) is 5.10 Å². The number of hydrazone groups is 1. The molecule has 1 N–H and O–H groups in total. The highest BCUT2D eigenvalue weighted by molar-refractivity contribution is 6.33. The molecule has 0 radical (unpaired) electrons. The first kappa shape index (κ1) is 26.2. The third kappa shape index (κ3) is 5.93. The van der Waals surface area contributed by atoms with E-state index in [0.717, 1.165) is 44.2 Å². The number of hydrogen-bond acceptors (Lipinski definition) is 5. The van der Waals surface area contributed by atoms with E-state index < -0.39 is 0 Å². The Balaban J connectivity index is 1.13. The first-order valence-electron chi connectivity index (χ1n) is 13.1. The van der Waals surface area contributed by atoms with Crippen LogP contribution in [0, 0.1) is 6.92 Å². The molecule has 0 saturated carbocycles. The number of carbonyl (C=O) groups is 1. The number of halogens is 1. The van der Waals surface area contributed by atoms with Crippen molar-refractivity contribution in [2.45, 2.75) is 6.92 Å². The topological polar surface area (TPSA) is 76.5 Å². The van der Waals surface area contributed by atoms with Gasteiger partial charge in [-0.25, -0.2) is 10.4 Å². The van der Waals surface area contributed by atoms with Crippen molar-refractivity contribution in [3.05, 3.63) is 125 Å². The van der Waals surface area contributed by atoms with Crippen molar-refractivity contribution in [1.82, 2.24) is 15.4 Å². The van der Waals surface area contributed by atoms with E-state index in [1.54, 1.807) is 12.3 Å². The molecule has 2 heterocycles. The van der Waals surface area contributed by atoms with Crippen molar-refractivity contribution in [2.75, 3.05) is 6.61 Å². The zero-order valence-electron chi connectivity index (χ0n) is 22.2. The molecule has 2 aromatic heterocycles. The van der Waals surface area contributed by atoms with E-state index in [1.807, 2.05) is 60.7 Å². The maximum atomic E-state index is 12.3. The second-order valence-corrected chi connectivity index (χ2v) is 10.0. The van der Waals surface area contributed by atoms with Crippen LogP contribution in [0.3, 0.4) is 0 Å². The van der Waals surface area contributed by atoms with E-state index in [-0.39, 0.29) is 12.5 Å². The number of benzene rings is 4. The number of aromatic nitrogens is 2. The van der Waals surface area contributed by atoms with Crippen molar-refractivity contribution in [1.29, 1.82) is 0 Å². The molecule has 0 bridgehead atoms. The van der Waals surface area contributed by atoms with Gasteiger partial charge in [0.1, 0.15) is 5.75 Å². The number of nitrogens with zero attached hydrogens (tertiary/aromatic N) is 3. The molecule has 0 spiro atoms. The van der Waals surface area contributed by atoms with Gasteiger partial charge >= 0.3 is 0 Å². The number of ether oxygens (including phenoxy) is 1. The van der Waals surface area contributed by atoms with Gasteiger partial charge in [-0.15, -0.1) is 0 Å². The van der Waals surface area contributed by atoms with Crippen LogP contribution in [-0.4, -0.2) is 28.7 Å². The standard InChI is InChI=1S/C34H25ClN4O2/c1-22-9-14-31-29(16-22)28(23-6-3-2-4-7-23)18-33(38-31)24-10-12-27(13-11-24)41-21-34(40)39-37-20-26-17-25-8-5-15-36-32(25)19-30(26)35/h2-20H,21H2,1H3,(H,39,40)/b37-20-. The molecule has 0 aliphatic heterocycles. The van der Waals surface area contributed by atoms with Gasteiger partial charge in [0, 0.05) is 28.1 Å². The summed E-state index contributed by atoms with van der Waals surface area (Å²) in [7, 11) is 0. The molecule has 0 saturated heterocycles. The van der Waals surface area contributed by atoms with Crippen molar-refractivity contribution in [3.8, 4) is 28.1 Å². The fraction of sp³-hybridized carbons (Fsp3) is 0.0588. The maximum Gasteiger partial charge on any atom is 0.277 e. The molecule has 1 amide bonds. The molecular formula is C34H25ClN4O2. The number of aryl methyl sites for hydroxylation is 1. The molecule has 0 aliphatic carbocycles. The molecule has 0 unspecified atom stereocenters. The third-order valence-corrected chi connectivity index (χ3v) is 7.01.